The van der Waals surface area contributed by atoms with Crippen LogP contribution in [-0.4, -0.2) is 69.5 Å². The van der Waals surface area contributed by atoms with Gasteiger partial charge in [0, 0.05) is 37.7 Å². The Balaban J connectivity index is 1.19. The fraction of sp³-hybridized carbons (Fsp3) is 0.472. The molecular weight excluding hydrogens is 645 g/mol. The summed E-state index contributed by atoms with van der Waals surface area (Å²) in [4.78, 5) is 17.4. The molecule has 2 N–H and O–H groups in total. The lowest BCUT2D eigenvalue weighted by molar-refractivity contribution is -0.253. The first-order valence-electron chi connectivity index (χ1n) is 16.3. The van der Waals surface area contributed by atoms with E-state index < -0.39 is 16.0 Å². The Kier molecular flexibility index (Phi) is 11.2. The van der Waals surface area contributed by atoms with Gasteiger partial charge in [-0.3, -0.25) is 9.69 Å². The maximum Gasteiger partial charge on any atom is 0.272 e. The Bertz CT molecular complexity index is 1440. The fourth-order valence-electron chi connectivity index (χ4n) is 6.95. The highest BCUT2D eigenvalue weighted by Crippen LogP contribution is 2.39. The molecule has 3 aliphatic heterocycles. The Morgan fingerprint density at radius 3 is 2.30 bits per heavy atom. The summed E-state index contributed by atoms with van der Waals surface area (Å²) in [6.07, 6.45) is 5.24. The SMILES string of the molecule is O=C(NCc1ccccc1-c1ccc([C@@H]2O[C@H](CN3CCC[C@H]3CN3CCCC3)C[C@H](c3ccc(CO)cc3)O2)cc1)C(Cl)(Cl)Cl. The summed E-state index contributed by atoms with van der Waals surface area (Å²) in [7, 11) is 0. The molecule has 0 aromatic heterocycles. The van der Waals surface area contributed by atoms with E-state index in [1.807, 2.05) is 36.4 Å². The first-order chi connectivity index (χ1) is 22.3. The van der Waals surface area contributed by atoms with Crippen LogP contribution < -0.4 is 5.32 Å². The van der Waals surface area contributed by atoms with Crippen molar-refractivity contribution >= 4 is 40.7 Å². The lowest BCUT2D eigenvalue weighted by Gasteiger charge is -2.39. The molecule has 46 heavy (non-hydrogen) atoms. The summed E-state index contributed by atoms with van der Waals surface area (Å²) in [6.45, 7) is 5.82. The van der Waals surface area contributed by atoms with E-state index >= 15 is 0 Å². The van der Waals surface area contributed by atoms with Crippen LogP contribution in [0.1, 0.15) is 66.8 Å². The number of nitrogens with zero attached hydrogens (tertiary/aromatic N) is 2. The summed E-state index contributed by atoms with van der Waals surface area (Å²) < 4.78 is 11.3. The van der Waals surface area contributed by atoms with Crippen molar-refractivity contribution in [2.45, 2.75) is 73.6 Å². The van der Waals surface area contributed by atoms with Gasteiger partial charge in [0.15, 0.2) is 6.29 Å². The molecule has 1 amide bonds. The summed E-state index contributed by atoms with van der Waals surface area (Å²) >= 11 is 17.2. The van der Waals surface area contributed by atoms with Gasteiger partial charge in [-0.15, -0.1) is 0 Å². The van der Waals surface area contributed by atoms with Gasteiger partial charge in [0.05, 0.1) is 18.8 Å². The summed E-state index contributed by atoms with van der Waals surface area (Å²) in [5.41, 5.74) is 5.79. The molecule has 3 aromatic carbocycles. The molecule has 3 fully saturated rings. The lowest BCUT2D eigenvalue weighted by Crippen LogP contribution is -2.45. The quantitative estimate of drug-likeness (QED) is 0.225. The van der Waals surface area contributed by atoms with Crippen molar-refractivity contribution in [2.24, 2.45) is 0 Å². The number of halogens is 3. The van der Waals surface area contributed by atoms with Crippen LogP contribution in [0.3, 0.4) is 0 Å². The van der Waals surface area contributed by atoms with E-state index in [0.29, 0.717) is 6.04 Å². The van der Waals surface area contributed by atoms with E-state index in [1.165, 1.54) is 38.8 Å². The monoisotopic (exact) mass is 685 g/mol. The number of amides is 1. The second-order valence-corrected chi connectivity index (χ2v) is 14.9. The van der Waals surface area contributed by atoms with Gasteiger partial charge in [-0.25, -0.2) is 0 Å². The molecule has 0 saturated carbocycles. The molecule has 0 bridgehead atoms. The average molecular weight is 687 g/mol. The van der Waals surface area contributed by atoms with Crippen LogP contribution in [0, 0.1) is 0 Å². The van der Waals surface area contributed by atoms with Crippen LogP contribution in [0.5, 0.6) is 0 Å². The van der Waals surface area contributed by atoms with E-state index in [-0.39, 0.29) is 25.4 Å². The molecule has 6 rings (SSSR count). The van der Waals surface area contributed by atoms with Crippen LogP contribution >= 0.6 is 34.8 Å². The number of hydrogen-bond donors (Lipinski definition) is 2. The van der Waals surface area contributed by atoms with Gasteiger partial charge in [-0.2, -0.15) is 0 Å². The standard InChI is InChI=1S/C36H42Cl3N3O4/c37-36(38,39)35(44)40-21-29-6-1-2-8-32(29)26-13-15-28(16-14-26)34-45-31(20-33(46-34)27-11-9-25(24-43)10-12-27)23-42-19-5-7-30(42)22-41-17-3-4-18-41/h1-2,6,8-16,30-31,33-34,43H,3-5,7,17-24H2,(H,40,44)/t30-,31-,33+,34+/m0/s1. The van der Waals surface area contributed by atoms with Gasteiger partial charge in [0.2, 0.25) is 0 Å². The number of hydrogen-bond acceptors (Lipinski definition) is 6. The van der Waals surface area contributed by atoms with Gasteiger partial charge >= 0.3 is 0 Å². The molecule has 3 saturated heterocycles. The van der Waals surface area contributed by atoms with Crippen LogP contribution in [-0.2, 0) is 27.4 Å². The second kappa shape index (κ2) is 15.3. The van der Waals surface area contributed by atoms with E-state index in [2.05, 4.69) is 51.5 Å². The first kappa shape index (κ1) is 33.7. The highest BCUT2D eigenvalue weighted by Gasteiger charge is 2.36. The Hall–Kier alpha value is -2.20. The number of nitrogens with one attached hydrogen (secondary N) is 1. The Morgan fingerprint density at radius 1 is 0.870 bits per heavy atom. The van der Waals surface area contributed by atoms with Gasteiger partial charge in [-0.1, -0.05) is 108 Å². The molecule has 7 nitrogen and oxygen atoms in total. The molecule has 0 unspecified atom stereocenters. The molecule has 0 aliphatic carbocycles. The van der Waals surface area contributed by atoms with Crippen molar-refractivity contribution in [3.05, 3.63) is 95.1 Å². The van der Waals surface area contributed by atoms with Crippen molar-refractivity contribution in [3.8, 4) is 11.1 Å². The van der Waals surface area contributed by atoms with Crippen molar-refractivity contribution in [3.63, 3.8) is 0 Å². The normalized spacial score (nSPS) is 24.3. The predicted octanol–water partition coefficient (Wildman–Crippen LogP) is 6.94. The number of benzene rings is 3. The van der Waals surface area contributed by atoms with Crippen molar-refractivity contribution in [2.75, 3.05) is 32.7 Å². The maximum absolute atomic E-state index is 12.1. The zero-order valence-electron chi connectivity index (χ0n) is 25.9. The molecule has 3 heterocycles. The Morgan fingerprint density at radius 2 is 1.59 bits per heavy atom. The smallest absolute Gasteiger partial charge is 0.272 e. The third kappa shape index (κ3) is 8.44. The van der Waals surface area contributed by atoms with Crippen LogP contribution in [0.15, 0.2) is 72.8 Å². The summed E-state index contributed by atoms with van der Waals surface area (Å²) in [5.74, 6) is -0.666. The molecular formula is C36H42Cl3N3O4. The molecule has 3 aliphatic rings. The van der Waals surface area contributed by atoms with Gasteiger partial charge < -0.3 is 24.8 Å². The van der Waals surface area contributed by atoms with E-state index in [0.717, 1.165) is 59.4 Å². The number of carbonyl (C=O) groups excluding carboxylic acids is 1. The highest BCUT2D eigenvalue weighted by molar-refractivity contribution is 6.76. The average Bonchev–Trinajstić information content (AvgIpc) is 3.75. The molecule has 0 spiro atoms. The third-order valence-electron chi connectivity index (χ3n) is 9.43. The van der Waals surface area contributed by atoms with E-state index in [1.54, 1.807) is 0 Å². The van der Waals surface area contributed by atoms with Gasteiger partial charge in [0.1, 0.15) is 0 Å². The van der Waals surface area contributed by atoms with Crippen LogP contribution in [0.2, 0.25) is 0 Å². The van der Waals surface area contributed by atoms with Gasteiger partial charge in [0.25, 0.3) is 9.70 Å². The number of carbonyl (C=O) groups is 1. The minimum Gasteiger partial charge on any atom is -0.392 e. The number of aliphatic hydroxyl groups excluding tert-OH is 1. The zero-order valence-corrected chi connectivity index (χ0v) is 28.2. The van der Waals surface area contributed by atoms with Crippen LogP contribution in [0.25, 0.3) is 11.1 Å². The number of alkyl halides is 3. The largest absolute Gasteiger partial charge is 0.392 e. The minimum atomic E-state index is -2.02. The number of aliphatic hydroxyl groups is 1. The van der Waals surface area contributed by atoms with Crippen molar-refractivity contribution < 1.29 is 19.4 Å². The maximum atomic E-state index is 12.1. The minimum absolute atomic E-state index is 0.0161. The molecule has 246 valence electrons. The number of rotatable bonds is 10. The van der Waals surface area contributed by atoms with Crippen LogP contribution in [0.4, 0.5) is 0 Å². The first-order valence-corrected chi connectivity index (χ1v) is 17.4. The molecule has 3 aromatic rings. The Labute approximate surface area is 286 Å². The van der Waals surface area contributed by atoms with E-state index in [4.69, 9.17) is 44.3 Å². The molecule has 4 atom stereocenters. The summed E-state index contributed by atoms with van der Waals surface area (Å²) in [6, 6.07) is 24.7. The number of likely N-dealkylation sites (tertiary alicyclic amines) is 2. The number of ether oxygens (including phenoxy) is 2. The second-order valence-electron chi connectivity index (χ2n) is 12.6. The molecule has 0 radical (unpaired) electrons. The zero-order chi connectivity index (χ0) is 32.1. The van der Waals surface area contributed by atoms with E-state index in [9.17, 15) is 9.90 Å². The van der Waals surface area contributed by atoms with Crippen molar-refractivity contribution in [1.29, 1.82) is 0 Å². The fourth-order valence-corrected chi connectivity index (χ4v) is 7.15. The molecule has 10 heteroatoms. The predicted molar refractivity (Wildman–Crippen MR) is 183 cm³/mol. The van der Waals surface area contributed by atoms with Gasteiger partial charge in [-0.05, 0) is 73.1 Å². The third-order valence-corrected chi connectivity index (χ3v) is 9.94. The lowest BCUT2D eigenvalue weighted by atomic mass is 9.97. The van der Waals surface area contributed by atoms with Crippen molar-refractivity contribution in [1.82, 2.24) is 15.1 Å². The topological polar surface area (TPSA) is 74.3 Å². The summed E-state index contributed by atoms with van der Waals surface area (Å²) in [5, 5.41) is 12.3. The highest BCUT2D eigenvalue weighted by atomic mass is 35.6.